The summed E-state index contributed by atoms with van der Waals surface area (Å²) in [5.74, 6) is 1.46. The van der Waals surface area contributed by atoms with Crippen molar-refractivity contribution in [2.75, 3.05) is 17.7 Å². The molecule has 0 radical (unpaired) electrons. The van der Waals surface area contributed by atoms with E-state index in [1.165, 1.54) is 16.3 Å². The van der Waals surface area contributed by atoms with Crippen LogP contribution in [-0.4, -0.2) is 18.7 Å². The predicted molar refractivity (Wildman–Crippen MR) is 100.0 cm³/mol. The maximum Gasteiger partial charge on any atom is 0.236 e. The number of thioether (sulfide) groups is 1. The quantitative estimate of drug-likeness (QED) is 0.677. The highest BCUT2D eigenvalue weighted by molar-refractivity contribution is 7.99. The van der Waals surface area contributed by atoms with Crippen LogP contribution >= 0.6 is 11.8 Å². The SMILES string of the molecule is CN(C(=O)CSCc1ccc2ccccc2c1)c1ccccc1. The van der Waals surface area contributed by atoms with Gasteiger partial charge in [-0.05, 0) is 28.5 Å². The average molecular weight is 321 g/mol. The van der Waals surface area contributed by atoms with Gasteiger partial charge in [-0.2, -0.15) is 0 Å². The van der Waals surface area contributed by atoms with E-state index >= 15 is 0 Å². The van der Waals surface area contributed by atoms with Gasteiger partial charge in [0, 0.05) is 18.5 Å². The van der Waals surface area contributed by atoms with Crippen LogP contribution in [0.4, 0.5) is 5.69 Å². The van der Waals surface area contributed by atoms with Crippen LogP contribution in [0.1, 0.15) is 5.56 Å². The minimum Gasteiger partial charge on any atom is -0.315 e. The molecule has 0 aromatic heterocycles. The highest BCUT2D eigenvalue weighted by atomic mass is 32.2. The second kappa shape index (κ2) is 7.34. The van der Waals surface area contributed by atoms with Gasteiger partial charge in [0.15, 0.2) is 0 Å². The zero-order valence-corrected chi connectivity index (χ0v) is 13.9. The molecule has 0 bridgehead atoms. The fourth-order valence-corrected chi connectivity index (χ4v) is 3.36. The van der Waals surface area contributed by atoms with Gasteiger partial charge in [-0.25, -0.2) is 0 Å². The van der Waals surface area contributed by atoms with E-state index in [1.54, 1.807) is 16.7 Å². The summed E-state index contributed by atoms with van der Waals surface area (Å²) in [6, 6.07) is 24.6. The van der Waals surface area contributed by atoms with Gasteiger partial charge < -0.3 is 4.90 Å². The number of carbonyl (C=O) groups is 1. The van der Waals surface area contributed by atoms with Crippen molar-refractivity contribution >= 4 is 34.1 Å². The van der Waals surface area contributed by atoms with Gasteiger partial charge in [0.05, 0.1) is 5.75 Å². The van der Waals surface area contributed by atoms with Gasteiger partial charge in [0.25, 0.3) is 0 Å². The minimum atomic E-state index is 0.127. The van der Waals surface area contributed by atoms with E-state index in [0.717, 1.165) is 11.4 Å². The van der Waals surface area contributed by atoms with E-state index < -0.39 is 0 Å². The number of rotatable bonds is 5. The Morgan fingerprint density at radius 2 is 1.61 bits per heavy atom. The summed E-state index contributed by atoms with van der Waals surface area (Å²) in [5, 5.41) is 2.50. The molecule has 0 unspecified atom stereocenters. The van der Waals surface area contributed by atoms with Crippen LogP contribution in [0, 0.1) is 0 Å². The first-order valence-corrected chi connectivity index (χ1v) is 8.76. The third-order valence-electron chi connectivity index (χ3n) is 3.83. The van der Waals surface area contributed by atoms with E-state index in [-0.39, 0.29) is 5.91 Å². The lowest BCUT2D eigenvalue weighted by Gasteiger charge is -2.17. The van der Waals surface area contributed by atoms with Gasteiger partial charge in [-0.15, -0.1) is 11.8 Å². The molecular formula is C20H19NOS. The van der Waals surface area contributed by atoms with Crippen LogP contribution in [0.5, 0.6) is 0 Å². The van der Waals surface area contributed by atoms with Crippen LogP contribution in [0.25, 0.3) is 10.8 Å². The van der Waals surface area contributed by atoms with Crippen molar-refractivity contribution in [1.29, 1.82) is 0 Å². The number of hydrogen-bond donors (Lipinski definition) is 0. The van der Waals surface area contributed by atoms with Crippen molar-refractivity contribution in [3.05, 3.63) is 78.4 Å². The Kier molecular flexibility index (Phi) is 4.99. The second-order valence-corrected chi connectivity index (χ2v) is 6.45. The lowest BCUT2D eigenvalue weighted by molar-refractivity contribution is -0.115. The molecule has 3 rings (SSSR count). The van der Waals surface area contributed by atoms with E-state index in [1.807, 2.05) is 37.4 Å². The first-order valence-electron chi connectivity index (χ1n) is 7.61. The number of fused-ring (bicyclic) bond motifs is 1. The Morgan fingerprint density at radius 1 is 0.913 bits per heavy atom. The zero-order valence-electron chi connectivity index (χ0n) is 13.1. The molecule has 2 nitrogen and oxygen atoms in total. The largest absolute Gasteiger partial charge is 0.315 e. The molecule has 3 aromatic rings. The maximum atomic E-state index is 12.3. The first-order chi connectivity index (χ1) is 11.2. The Balaban J connectivity index is 1.57. The second-order valence-electron chi connectivity index (χ2n) is 5.46. The topological polar surface area (TPSA) is 20.3 Å². The lowest BCUT2D eigenvalue weighted by atomic mass is 10.1. The first kappa shape index (κ1) is 15.6. The molecule has 0 saturated carbocycles. The van der Waals surface area contributed by atoms with Crippen molar-refractivity contribution in [2.45, 2.75) is 5.75 Å². The Hall–Kier alpha value is -2.26. The van der Waals surface area contributed by atoms with Gasteiger partial charge in [-0.3, -0.25) is 4.79 Å². The standard InChI is InChI=1S/C20H19NOS/c1-21(19-9-3-2-4-10-19)20(22)15-23-14-16-11-12-17-7-5-6-8-18(17)13-16/h2-13H,14-15H2,1H3. The number of hydrogen-bond acceptors (Lipinski definition) is 2. The summed E-state index contributed by atoms with van der Waals surface area (Å²) in [6.07, 6.45) is 0. The van der Waals surface area contributed by atoms with Gasteiger partial charge in [0.2, 0.25) is 5.91 Å². The molecule has 0 N–H and O–H groups in total. The molecule has 0 fully saturated rings. The van der Waals surface area contributed by atoms with E-state index in [9.17, 15) is 4.79 Å². The number of amides is 1. The molecule has 0 aliphatic rings. The Labute approximate surface area is 141 Å². The molecule has 116 valence electrons. The average Bonchev–Trinajstić information content (AvgIpc) is 2.61. The normalized spacial score (nSPS) is 10.7. The number of anilines is 1. The summed E-state index contributed by atoms with van der Waals surface area (Å²) >= 11 is 1.65. The minimum absolute atomic E-state index is 0.127. The third kappa shape index (κ3) is 3.93. The van der Waals surface area contributed by atoms with E-state index in [4.69, 9.17) is 0 Å². The van der Waals surface area contributed by atoms with Gasteiger partial charge in [0.1, 0.15) is 0 Å². The molecule has 0 atom stereocenters. The van der Waals surface area contributed by atoms with Gasteiger partial charge in [-0.1, -0.05) is 60.7 Å². The third-order valence-corrected chi connectivity index (χ3v) is 4.81. The fourth-order valence-electron chi connectivity index (χ4n) is 2.48. The molecule has 3 aromatic carbocycles. The van der Waals surface area contributed by atoms with Crippen LogP contribution in [-0.2, 0) is 10.5 Å². The molecule has 3 heteroatoms. The maximum absolute atomic E-state index is 12.3. The highest BCUT2D eigenvalue weighted by Crippen LogP contribution is 2.20. The molecule has 0 heterocycles. The van der Waals surface area contributed by atoms with Crippen molar-refractivity contribution < 1.29 is 4.79 Å². The highest BCUT2D eigenvalue weighted by Gasteiger charge is 2.10. The van der Waals surface area contributed by atoms with Crippen molar-refractivity contribution in [2.24, 2.45) is 0 Å². The van der Waals surface area contributed by atoms with Gasteiger partial charge >= 0.3 is 0 Å². The van der Waals surface area contributed by atoms with E-state index in [0.29, 0.717) is 5.75 Å². The smallest absolute Gasteiger partial charge is 0.236 e. The van der Waals surface area contributed by atoms with E-state index in [2.05, 4.69) is 42.5 Å². The summed E-state index contributed by atoms with van der Waals surface area (Å²) in [6.45, 7) is 0. The van der Waals surface area contributed by atoms with Crippen molar-refractivity contribution in [1.82, 2.24) is 0 Å². The monoisotopic (exact) mass is 321 g/mol. The summed E-state index contributed by atoms with van der Waals surface area (Å²) < 4.78 is 0. The number of nitrogens with zero attached hydrogens (tertiary/aromatic N) is 1. The van der Waals surface area contributed by atoms with Crippen LogP contribution < -0.4 is 4.90 Å². The number of para-hydroxylation sites is 1. The van der Waals surface area contributed by atoms with Crippen molar-refractivity contribution in [3.8, 4) is 0 Å². The molecule has 0 aliphatic carbocycles. The lowest BCUT2D eigenvalue weighted by Crippen LogP contribution is -2.27. The molecule has 0 aliphatic heterocycles. The molecular weight excluding hydrogens is 302 g/mol. The summed E-state index contributed by atoms with van der Waals surface area (Å²) in [5.41, 5.74) is 2.19. The van der Waals surface area contributed by atoms with Crippen LogP contribution in [0.3, 0.4) is 0 Å². The number of carbonyl (C=O) groups excluding carboxylic acids is 1. The molecule has 23 heavy (non-hydrogen) atoms. The summed E-state index contributed by atoms with van der Waals surface area (Å²) in [4.78, 5) is 14.0. The van der Waals surface area contributed by atoms with Crippen LogP contribution in [0.2, 0.25) is 0 Å². The molecule has 1 amide bonds. The number of benzene rings is 3. The Morgan fingerprint density at radius 3 is 2.39 bits per heavy atom. The van der Waals surface area contributed by atoms with Crippen LogP contribution in [0.15, 0.2) is 72.8 Å². The van der Waals surface area contributed by atoms with Crippen molar-refractivity contribution in [3.63, 3.8) is 0 Å². The predicted octanol–water partition coefficient (Wildman–Crippen LogP) is 4.74. The Bertz CT molecular complexity index is 801. The molecule has 0 saturated heterocycles. The zero-order chi connectivity index (χ0) is 16.1. The fraction of sp³-hybridized carbons (Fsp3) is 0.150. The molecule has 0 spiro atoms. The summed E-state index contributed by atoms with van der Waals surface area (Å²) in [7, 11) is 1.83.